The Bertz CT molecular complexity index is 406. The number of nitrogens with zero attached hydrogens (tertiary/aromatic N) is 1. The minimum absolute atomic E-state index is 0.0170. The van der Waals surface area contributed by atoms with E-state index in [9.17, 15) is 9.59 Å². The highest BCUT2D eigenvalue weighted by Gasteiger charge is 2.07. The third kappa shape index (κ3) is 7.18. The quantitative estimate of drug-likeness (QED) is 0.748. The lowest BCUT2D eigenvalue weighted by molar-refractivity contribution is -0.137. The molecule has 0 aromatic carbocycles. The highest BCUT2D eigenvalue weighted by molar-refractivity contribution is 5.78. The number of nitrogens with one attached hydrogen (secondary N) is 1. The first kappa shape index (κ1) is 15.1. The largest absolute Gasteiger partial charge is 0.481 e. The molecule has 1 atom stereocenters. The number of carbonyl (C=O) groups excluding carboxylic acids is 1. The predicted molar refractivity (Wildman–Crippen MR) is 71.6 cm³/mol. The van der Waals surface area contributed by atoms with Crippen LogP contribution in [0.2, 0.25) is 0 Å². The third-order valence-electron chi connectivity index (χ3n) is 2.92. The van der Waals surface area contributed by atoms with Crippen LogP contribution in [0.3, 0.4) is 0 Å². The van der Waals surface area contributed by atoms with E-state index in [1.54, 1.807) is 12.4 Å². The van der Waals surface area contributed by atoms with Gasteiger partial charge in [0, 0.05) is 25.4 Å². The van der Waals surface area contributed by atoms with Crippen LogP contribution >= 0.6 is 0 Å². The molecule has 1 amide bonds. The molecule has 5 nitrogen and oxygen atoms in total. The number of carbonyl (C=O) groups is 2. The third-order valence-corrected chi connectivity index (χ3v) is 2.92. The van der Waals surface area contributed by atoms with Gasteiger partial charge in [-0.3, -0.25) is 14.6 Å². The normalized spacial score (nSPS) is 11.8. The van der Waals surface area contributed by atoms with Crippen molar-refractivity contribution in [1.82, 2.24) is 10.3 Å². The summed E-state index contributed by atoms with van der Waals surface area (Å²) < 4.78 is 0. The lowest BCUT2D eigenvalue weighted by Crippen LogP contribution is -2.27. The highest BCUT2D eigenvalue weighted by Crippen LogP contribution is 2.09. The van der Waals surface area contributed by atoms with Crippen LogP contribution in [0.5, 0.6) is 0 Å². The van der Waals surface area contributed by atoms with Crippen molar-refractivity contribution in [2.24, 2.45) is 5.92 Å². The Kier molecular flexibility index (Phi) is 6.57. The lowest BCUT2D eigenvalue weighted by atomic mass is 10.0. The van der Waals surface area contributed by atoms with E-state index < -0.39 is 5.97 Å². The summed E-state index contributed by atoms with van der Waals surface area (Å²) in [6.07, 6.45) is 5.32. The molecule has 1 aromatic heterocycles. The molecule has 1 heterocycles. The Morgan fingerprint density at radius 2 is 2.00 bits per heavy atom. The zero-order valence-electron chi connectivity index (χ0n) is 11.1. The molecule has 0 saturated carbocycles. The van der Waals surface area contributed by atoms with E-state index >= 15 is 0 Å². The summed E-state index contributed by atoms with van der Waals surface area (Å²) in [5.41, 5.74) is 0.937. The number of pyridine rings is 1. The van der Waals surface area contributed by atoms with Gasteiger partial charge in [-0.15, -0.1) is 0 Å². The van der Waals surface area contributed by atoms with Gasteiger partial charge in [-0.05, 0) is 36.5 Å². The van der Waals surface area contributed by atoms with E-state index in [1.807, 2.05) is 19.1 Å². The van der Waals surface area contributed by atoms with Gasteiger partial charge in [-0.2, -0.15) is 0 Å². The molecule has 19 heavy (non-hydrogen) atoms. The van der Waals surface area contributed by atoms with Gasteiger partial charge in [0.1, 0.15) is 0 Å². The van der Waals surface area contributed by atoms with Gasteiger partial charge in [0.25, 0.3) is 0 Å². The number of aromatic nitrogens is 1. The first-order valence-corrected chi connectivity index (χ1v) is 6.45. The zero-order valence-corrected chi connectivity index (χ0v) is 11.1. The Balaban J connectivity index is 2.15. The van der Waals surface area contributed by atoms with Crippen LogP contribution in [0.4, 0.5) is 0 Å². The summed E-state index contributed by atoms with van der Waals surface area (Å²) in [6, 6.07) is 3.63. The summed E-state index contributed by atoms with van der Waals surface area (Å²) in [4.78, 5) is 25.9. The SMILES string of the molecule is CC(CCNC(=O)Cc1ccncc1)CCC(=O)O. The number of hydrogen-bond donors (Lipinski definition) is 2. The fourth-order valence-corrected chi connectivity index (χ4v) is 1.72. The molecular formula is C14H20N2O3. The molecule has 0 aliphatic rings. The van der Waals surface area contributed by atoms with Crippen LogP contribution in [0.15, 0.2) is 24.5 Å². The second kappa shape index (κ2) is 8.24. The van der Waals surface area contributed by atoms with Crippen molar-refractivity contribution in [3.63, 3.8) is 0 Å². The summed E-state index contributed by atoms with van der Waals surface area (Å²) in [7, 11) is 0. The summed E-state index contributed by atoms with van der Waals surface area (Å²) >= 11 is 0. The van der Waals surface area contributed by atoms with Crippen molar-refractivity contribution in [3.8, 4) is 0 Å². The van der Waals surface area contributed by atoms with E-state index in [-0.39, 0.29) is 12.3 Å². The maximum atomic E-state index is 11.6. The average Bonchev–Trinajstić information content (AvgIpc) is 2.37. The standard InChI is InChI=1S/C14H20N2O3/c1-11(2-3-14(18)19)4-9-16-13(17)10-12-5-7-15-8-6-12/h5-8,11H,2-4,9-10H2,1H3,(H,16,17)(H,18,19). The average molecular weight is 264 g/mol. The van der Waals surface area contributed by atoms with Gasteiger partial charge in [0.2, 0.25) is 5.91 Å². The summed E-state index contributed by atoms with van der Waals surface area (Å²) in [5.74, 6) is -0.484. The second-order valence-electron chi connectivity index (χ2n) is 4.71. The Labute approximate surface area is 113 Å². The fourth-order valence-electron chi connectivity index (χ4n) is 1.72. The fraction of sp³-hybridized carbons (Fsp3) is 0.500. The monoisotopic (exact) mass is 264 g/mol. The van der Waals surface area contributed by atoms with Crippen LogP contribution in [-0.4, -0.2) is 28.5 Å². The lowest BCUT2D eigenvalue weighted by Gasteiger charge is -2.10. The summed E-state index contributed by atoms with van der Waals surface area (Å²) in [6.45, 7) is 2.59. The van der Waals surface area contributed by atoms with E-state index in [2.05, 4.69) is 10.3 Å². The van der Waals surface area contributed by atoms with Crippen molar-refractivity contribution < 1.29 is 14.7 Å². The first-order valence-electron chi connectivity index (χ1n) is 6.45. The topological polar surface area (TPSA) is 79.3 Å². The highest BCUT2D eigenvalue weighted by atomic mass is 16.4. The van der Waals surface area contributed by atoms with Gasteiger partial charge in [-0.25, -0.2) is 0 Å². The number of carboxylic acid groups (broad SMARTS) is 1. The van der Waals surface area contributed by atoms with Gasteiger partial charge < -0.3 is 10.4 Å². The molecule has 0 spiro atoms. The number of carboxylic acids is 1. The molecule has 1 unspecified atom stereocenters. The molecular weight excluding hydrogens is 244 g/mol. The number of hydrogen-bond acceptors (Lipinski definition) is 3. The molecule has 0 aliphatic heterocycles. The maximum absolute atomic E-state index is 11.6. The number of rotatable bonds is 8. The van der Waals surface area contributed by atoms with E-state index in [0.717, 1.165) is 12.0 Å². The Morgan fingerprint density at radius 1 is 1.32 bits per heavy atom. The van der Waals surface area contributed by atoms with Crippen LogP contribution in [0, 0.1) is 5.92 Å². The van der Waals surface area contributed by atoms with Gasteiger partial charge in [-0.1, -0.05) is 6.92 Å². The van der Waals surface area contributed by atoms with Crippen molar-refractivity contribution in [3.05, 3.63) is 30.1 Å². The van der Waals surface area contributed by atoms with Crippen LogP contribution in [0.1, 0.15) is 31.7 Å². The smallest absolute Gasteiger partial charge is 0.303 e. The van der Waals surface area contributed by atoms with E-state index in [1.165, 1.54) is 0 Å². The molecule has 0 saturated heterocycles. The van der Waals surface area contributed by atoms with Gasteiger partial charge >= 0.3 is 5.97 Å². The molecule has 5 heteroatoms. The molecule has 1 rings (SSSR count). The number of amides is 1. The van der Waals surface area contributed by atoms with E-state index in [0.29, 0.717) is 25.3 Å². The van der Waals surface area contributed by atoms with Crippen molar-refractivity contribution >= 4 is 11.9 Å². The molecule has 0 fully saturated rings. The second-order valence-corrected chi connectivity index (χ2v) is 4.71. The molecule has 2 N–H and O–H groups in total. The molecule has 0 radical (unpaired) electrons. The van der Waals surface area contributed by atoms with Crippen molar-refractivity contribution in [2.75, 3.05) is 6.54 Å². The Morgan fingerprint density at radius 3 is 2.63 bits per heavy atom. The Hall–Kier alpha value is -1.91. The number of aliphatic carboxylic acids is 1. The van der Waals surface area contributed by atoms with Crippen molar-refractivity contribution in [2.45, 2.75) is 32.6 Å². The van der Waals surface area contributed by atoms with Crippen LogP contribution < -0.4 is 5.32 Å². The van der Waals surface area contributed by atoms with Gasteiger partial charge in [0.05, 0.1) is 6.42 Å². The minimum Gasteiger partial charge on any atom is -0.481 e. The summed E-state index contributed by atoms with van der Waals surface area (Å²) in [5, 5.41) is 11.4. The minimum atomic E-state index is -0.770. The van der Waals surface area contributed by atoms with Crippen molar-refractivity contribution in [1.29, 1.82) is 0 Å². The van der Waals surface area contributed by atoms with Crippen LogP contribution in [0.25, 0.3) is 0 Å². The molecule has 0 aliphatic carbocycles. The molecule has 104 valence electrons. The first-order chi connectivity index (χ1) is 9.08. The van der Waals surface area contributed by atoms with Crippen LogP contribution in [-0.2, 0) is 16.0 Å². The predicted octanol–water partition coefficient (Wildman–Crippen LogP) is 1.63. The molecule has 0 bridgehead atoms. The van der Waals surface area contributed by atoms with Gasteiger partial charge in [0.15, 0.2) is 0 Å². The maximum Gasteiger partial charge on any atom is 0.303 e. The molecule has 1 aromatic rings. The van der Waals surface area contributed by atoms with E-state index in [4.69, 9.17) is 5.11 Å². The zero-order chi connectivity index (χ0) is 14.1.